The molecule has 3 nitrogen and oxygen atoms in total. The van der Waals surface area contributed by atoms with Crippen LogP contribution in [0.1, 0.15) is 22.9 Å². The third kappa shape index (κ3) is 4.53. The average Bonchev–Trinajstić information content (AvgIpc) is 2.90. The molecular formula is C16H19F2N3S. The van der Waals surface area contributed by atoms with Gasteiger partial charge in [0.15, 0.2) is 5.96 Å². The number of aryl methyl sites for hydroxylation is 1. The van der Waals surface area contributed by atoms with Gasteiger partial charge in [-0.1, -0.05) is 0 Å². The number of halogens is 2. The highest BCUT2D eigenvalue weighted by Gasteiger charge is 2.05. The number of rotatable bonds is 5. The molecular weight excluding hydrogens is 304 g/mol. The van der Waals surface area contributed by atoms with Gasteiger partial charge in [-0.15, -0.1) is 11.3 Å². The molecule has 118 valence electrons. The zero-order chi connectivity index (χ0) is 15.9. The maximum Gasteiger partial charge on any atom is 0.191 e. The minimum atomic E-state index is -0.459. The molecule has 1 aromatic heterocycles. The molecule has 2 N–H and O–H groups in total. The molecule has 0 unspecified atom stereocenters. The monoisotopic (exact) mass is 323 g/mol. The molecule has 0 aliphatic heterocycles. The summed E-state index contributed by atoms with van der Waals surface area (Å²) in [5.41, 5.74) is 1.47. The highest BCUT2D eigenvalue weighted by Crippen LogP contribution is 2.15. The summed E-state index contributed by atoms with van der Waals surface area (Å²) in [6.45, 7) is 5.44. The number of guanidine groups is 1. The number of benzene rings is 1. The van der Waals surface area contributed by atoms with Crippen molar-refractivity contribution < 1.29 is 8.78 Å². The van der Waals surface area contributed by atoms with E-state index < -0.39 is 11.6 Å². The fourth-order valence-electron chi connectivity index (χ4n) is 1.92. The van der Waals surface area contributed by atoms with Crippen LogP contribution in [0.4, 0.5) is 8.78 Å². The fraction of sp³-hybridized carbons (Fsp3) is 0.312. The van der Waals surface area contributed by atoms with Crippen molar-refractivity contribution in [3.63, 3.8) is 0 Å². The van der Waals surface area contributed by atoms with Crippen LogP contribution >= 0.6 is 11.3 Å². The Balaban J connectivity index is 2.03. The second-order valence-electron chi connectivity index (χ2n) is 4.81. The molecule has 0 saturated carbocycles. The van der Waals surface area contributed by atoms with Crippen molar-refractivity contribution in [1.82, 2.24) is 10.6 Å². The lowest BCUT2D eigenvalue weighted by Crippen LogP contribution is -2.36. The first-order valence-electron chi connectivity index (χ1n) is 7.09. The summed E-state index contributed by atoms with van der Waals surface area (Å²) in [6.07, 6.45) is 0. The number of thiophene rings is 1. The lowest BCUT2D eigenvalue weighted by atomic mass is 10.2. The molecule has 6 heteroatoms. The van der Waals surface area contributed by atoms with Crippen LogP contribution in [0.25, 0.3) is 0 Å². The van der Waals surface area contributed by atoms with Crippen LogP contribution in [0.15, 0.2) is 34.6 Å². The summed E-state index contributed by atoms with van der Waals surface area (Å²) in [5, 5.41) is 8.34. The maximum absolute atomic E-state index is 13.6. The summed E-state index contributed by atoms with van der Waals surface area (Å²) in [4.78, 5) is 5.53. The summed E-state index contributed by atoms with van der Waals surface area (Å²) >= 11 is 1.67. The van der Waals surface area contributed by atoms with Crippen molar-refractivity contribution in [2.24, 2.45) is 4.99 Å². The number of hydrogen-bond acceptors (Lipinski definition) is 2. The SMILES string of the molecule is CCNC(=NCc1cc(F)ccc1F)NCc1sccc1C. The zero-order valence-corrected chi connectivity index (χ0v) is 13.4. The molecule has 0 aliphatic rings. The van der Waals surface area contributed by atoms with E-state index in [0.717, 1.165) is 12.1 Å². The maximum atomic E-state index is 13.6. The van der Waals surface area contributed by atoms with Gasteiger partial charge in [0, 0.05) is 17.0 Å². The Bertz CT molecular complexity index is 653. The van der Waals surface area contributed by atoms with Crippen LogP contribution in [-0.2, 0) is 13.1 Å². The normalized spacial score (nSPS) is 11.5. The summed E-state index contributed by atoms with van der Waals surface area (Å²) in [5.74, 6) is -0.326. The van der Waals surface area contributed by atoms with Crippen LogP contribution in [0.5, 0.6) is 0 Å². The average molecular weight is 323 g/mol. The van der Waals surface area contributed by atoms with Gasteiger partial charge >= 0.3 is 0 Å². The van der Waals surface area contributed by atoms with E-state index in [4.69, 9.17) is 0 Å². The summed E-state index contributed by atoms with van der Waals surface area (Å²) in [6, 6.07) is 5.46. The van der Waals surface area contributed by atoms with E-state index in [9.17, 15) is 8.78 Å². The van der Waals surface area contributed by atoms with Crippen LogP contribution in [0, 0.1) is 18.6 Å². The van der Waals surface area contributed by atoms with Gasteiger partial charge in [-0.2, -0.15) is 0 Å². The predicted molar refractivity (Wildman–Crippen MR) is 87.1 cm³/mol. The first kappa shape index (κ1) is 16.4. The molecule has 0 bridgehead atoms. The second kappa shape index (κ2) is 7.89. The van der Waals surface area contributed by atoms with Crippen LogP contribution in [0.2, 0.25) is 0 Å². The van der Waals surface area contributed by atoms with Crippen molar-refractivity contribution in [2.45, 2.75) is 26.9 Å². The summed E-state index contributed by atoms with van der Waals surface area (Å²) < 4.78 is 26.7. The Morgan fingerprint density at radius 2 is 2.05 bits per heavy atom. The minimum absolute atomic E-state index is 0.0857. The molecule has 0 atom stereocenters. The van der Waals surface area contributed by atoms with Crippen LogP contribution < -0.4 is 10.6 Å². The Morgan fingerprint density at radius 3 is 2.73 bits per heavy atom. The Morgan fingerprint density at radius 1 is 1.23 bits per heavy atom. The minimum Gasteiger partial charge on any atom is -0.357 e. The Labute approximate surface area is 133 Å². The molecule has 0 saturated heterocycles. The van der Waals surface area contributed by atoms with Crippen LogP contribution in [0.3, 0.4) is 0 Å². The molecule has 1 aromatic carbocycles. The third-order valence-corrected chi connectivity index (χ3v) is 4.17. The summed E-state index contributed by atoms with van der Waals surface area (Å²) in [7, 11) is 0. The van der Waals surface area contributed by atoms with Gasteiger partial charge in [0.2, 0.25) is 0 Å². The number of nitrogens with one attached hydrogen (secondary N) is 2. The van der Waals surface area contributed by atoms with E-state index in [1.807, 2.05) is 12.3 Å². The van der Waals surface area contributed by atoms with E-state index in [1.54, 1.807) is 11.3 Å². The largest absolute Gasteiger partial charge is 0.357 e. The third-order valence-electron chi connectivity index (χ3n) is 3.14. The van der Waals surface area contributed by atoms with E-state index in [2.05, 4.69) is 28.6 Å². The van der Waals surface area contributed by atoms with E-state index in [0.29, 0.717) is 19.0 Å². The Kier molecular flexibility index (Phi) is 5.89. The van der Waals surface area contributed by atoms with Gasteiger partial charge in [-0.3, -0.25) is 0 Å². The highest BCUT2D eigenvalue weighted by molar-refractivity contribution is 7.10. The molecule has 1 heterocycles. The molecule has 22 heavy (non-hydrogen) atoms. The highest BCUT2D eigenvalue weighted by atomic mass is 32.1. The van der Waals surface area contributed by atoms with Gasteiger partial charge in [0.05, 0.1) is 13.1 Å². The number of aliphatic imine (C=N–C) groups is 1. The molecule has 2 rings (SSSR count). The smallest absolute Gasteiger partial charge is 0.191 e. The molecule has 0 amide bonds. The zero-order valence-electron chi connectivity index (χ0n) is 12.6. The quantitative estimate of drug-likeness (QED) is 0.652. The molecule has 0 spiro atoms. The van der Waals surface area contributed by atoms with Gasteiger partial charge < -0.3 is 10.6 Å². The lowest BCUT2D eigenvalue weighted by Gasteiger charge is -2.11. The predicted octanol–water partition coefficient (Wildman–Crippen LogP) is 3.59. The fourth-order valence-corrected chi connectivity index (χ4v) is 2.77. The van der Waals surface area contributed by atoms with Crippen molar-refractivity contribution in [3.8, 4) is 0 Å². The van der Waals surface area contributed by atoms with Gasteiger partial charge in [-0.25, -0.2) is 13.8 Å². The number of hydrogen-bond donors (Lipinski definition) is 2. The van der Waals surface area contributed by atoms with Crippen molar-refractivity contribution in [1.29, 1.82) is 0 Å². The lowest BCUT2D eigenvalue weighted by molar-refractivity contribution is 0.585. The number of nitrogens with zero attached hydrogens (tertiary/aromatic N) is 1. The molecule has 0 fully saturated rings. The van der Waals surface area contributed by atoms with Gasteiger partial charge in [0.25, 0.3) is 0 Å². The second-order valence-corrected chi connectivity index (χ2v) is 5.81. The van der Waals surface area contributed by atoms with Gasteiger partial charge in [-0.05, 0) is 49.1 Å². The van der Waals surface area contributed by atoms with E-state index in [-0.39, 0.29) is 12.1 Å². The molecule has 0 aliphatic carbocycles. The van der Waals surface area contributed by atoms with Crippen molar-refractivity contribution in [2.75, 3.05) is 6.54 Å². The van der Waals surface area contributed by atoms with Gasteiger partial charge in [0.1, 0.15) is 11.6 Å². The van der Waals surface area contributed by atoms with Crippen molar-refractivity contribution in [3.05, 3.63) is 57.3 Å². The van der Waals surface area contributed by atoms with E-state index in [1.165, 1.54) is 16.5 Å². The first-order chi connectivity index (χ1) is 10.6. The van der Waals surface area contributed by atoms with E-state index >= 15 is 0 Å². The molecule has 0 radical (unpaired) electrons. The van der Waals surface area contributed by atoms with Crippen molar-refractivity contribution >= 4 is 17.3 Å². The standard InChI is InChI=1S/C16H19F2N3S/c1-3-19-16(21-10-15-11(2)6-7-22-15)20-9-12-8-13(17)4-5-14(12)18/h4-8H,3,9-10H2,1-2H3,(H2,19,20,21). The molecule has 2 aromatic rings. The first-order valence-corrected chi connectivity index (χ1v) is 7.97. The van der Waals surface area contributed by atoms with Crippen LogP contribution in [-0.4, -0.2) is 12.5 Å². The Hall–Kier alpha value is -1.95. The topological polar surface area (TPSA) is 36.4 Å².